The molecular formula is C20H38N4O. The minimum atomic E-state index is 0.557. The van der Waals surface area contributed by atoms with Crippen molar-refractivity contribution in [2.24, 2.45) is 16.8 Å². The molecule has 0 amide bonds. The van der Waals surface area contributed by atoms with Crippen LogP contribution in [0.1, 0.15) is 57.8 Å². The average Bonchev–Trinajstić information content (AvgIpc) is 3.47. The minimum Gasteiger partial charge on any atom is -0.379 e. The zero-order valence-corrected chi connectivity index (χ0v) is 16.1. The van der Waals surface area contributed by atoms with Crippen LogP contribution in [0, 0.1) is 11.8 Å². The summed E-state index contributed by atoms with van der Waals surface area (Å²) in [4.78, 5) is 7.06. The monoisotopic (exact) mass is 350 g/mol. The van der Waals surface area contributed by atoms with Crippen LogP contribution in [0.25, 0.3) is 0 Å². The summed E-state index contributed by atoms with van der Waals surface area (Å²) in [6.07, 6.45) is 12.4. The first-order valence-corrected chi connectivity index (χ1v) is 10.6. The maximum Gasteiger partial charge on any atom is 0.191 e. The standard InChI is InChI=1S/C20H38N4O/c1-21-20(22-11-14-25-16-18-7-8-18)23-19-9-12-24(13-10-19)15-17-5-3-2-4-6-17/h17-19H,2-16H2,1H3,(H2,21,22,23). The van der Waals surface area contributed by atoms with Gasteiger partial charge in [-0.1, -0.05) is 19.3 Å². The number of hydrogen-bond donors (Lipinski definition) is 2. The molecule has 144 valence electrons. The Morgan fingerprint density at radius 2 is 1.76 bits per heavy atom. The third-order valence-corrected chi connectivity index (χ3v) is 5.98. The van der Waals surface area contributed by atoms with Crippen molar-refractivity contribution >= 4 is 5.96 Å². The molecule has 0 bridgehead atoms. The Labute approximate surface area is 154 Å². The smallest absolute Gasteiger partial charge is 0.191 e. The van der Waals surface area contributed by atoms with Crippen LogP contribution in [0.5, 0.6) is 0 Å². The van der Waals surface area contributed by atoms with Crippen molar-refractivity contribution in [3.63, 3.8) is 0 Å². The number of guanidine groups is 1. The summed E-state index contributed by atoms with van der Waals surface area (Å²) in [6, 6.07) is 0.557. The Kier molecular flexibility index (Phi) is 7.86. The van der Waals surface area contributed by atoms with Gasteiger partial charge in [0, 0.05) is 45.9 Å². The van der Waals surface area contributed by atoms with Gasteiger partial charge in [-0.3, -0.25) is 4.99 Å². The maximum atomic E-state index is 5.68. The molecule has 0 radical (unpaired) electrons. The van der Waals surface area contributed by atoms with Crippen LogP contribution in [0.15, 0.2) is 4.99 Å². The lowest BCUT2D eigenvalue weighted by molar-refractivity contribution is 0.128. The van der Waals surface area contributed by atoms with Crippen molar-refractivity contribution in [3.8, 4) is 0 Å². The van der Waals surface area contributed by atoms with Gasteiger partial charge in [-0.15, -0.1) is 0 Å². The molecule has 3 fully saturated rings. The van der Waals surface area contributed by atoms with Gasteiger partial charge in [0.25, 0.3) is 0 Å². The minimum absolute atomic E-state index is 0.557. The second kappa shape index (κ2) is 10.4. The number of ether oxygens (including phenoxy) is 1. The Morgan fingerprint density at radius 3 is 2.44 bits per heavy atom. The third-order valence-electron chi connectivity index (χ3n) is 5.98. The molecule has 3 rings (SSSR count). The number of piperidine rings is 1. The van der Waals surface area contributed by atoms with Gasteiger partial charge in [0.2, 0.25) is 0 Å². The van der Waals surface area contributed by atoms with E-state index in [0.717, 1.165) is 37.6 Å². The number of rotatable bonds is 8. The highest BCUT2D eigenvalue weighted by atomic mass is 16.5. The molecule has 2 saturated carbocycles. The Balaban J connectivity index is 1.26. The Hall–Kier alpha value is -0.810. The van der Waals surface area contributed by atoms with E-state index in [1.807, 2.05) is 7.05 Å². The number of aliphatic imine (C=N–C) groups is 1. The fraction of sp³-hybridized carbons (Fsp3) is 0.950. The summed E-state index contributed by atoms with van der Waals surface area (Å²) in [6.45, 7) is 6.35. The Morgan fingerprint density at radius 1 is 1.00 bits per heavy atom. The lowest BCUT2D eigenvalue weighted by Crippen LogP contribution is -2.49. The predicted molar refractivity (Wildman–Crippen MR) is 104 cm³/mol. The van der Waals surface area contributed by atoms with Gasteiger partial charge < -0.3 is 20.3 Å². The van der Waals surface area contributed by atoms with Gasteiger partial charge in [0.15, 0.2) is 5.96 Å². The fourth-order valence-corrected chi connectivity index (χ4v) is 4.16. The van der Waals surface area contributed by atoms with Crippen LogP contribution in [0.3, 0.4) is 0 Å². The van der Waals surface area contributed by atoms with Crippen LogP contribution < -0.4 is 10.6 Å². The lowest BCUT2D eigenvalue weighted by atomic mass is 9.88. The van der Waals surface area contributed by atoms with Gasteiger partial charge >= 0.3 is 0 Å². The van der Waals surface area contributed by atoms with E-state index < -0.39 is 0 Å². The quantitative estimate of drug-likeness (QED) is 0.401. The molecule has 2 aliphatic carbocycles. The molecule has 1 aliphatic heterocycles. The van der Waals surface area contributed by atoms with E-state index in [1.165, 1.54) is 77.4 Å². The van der Waals surface area contributed by atoms with Crippen molar-refractivity contribution in [2.45, 2.75) is 63.8 Å². The highest BCUT2D eigenvalue weighted by Gasteiger charge is 2.23. The summed E-state index contributed by atoms with van der Waals surface area (Å²) in [5.74, 6) is 2.74. The number of likely N-dealkylation sites (tertiary alicyclic amines) is 1. The SMILES string of the molecule is CN=C(NCCOCC1CC1)NC1CCN(CC2CCCCC2)CC1. The average molecular weight is 351 g/mol. The zero-order chi connectivity index (χ0) is 17.3. The van der Waals surface area contributed by atoms with Gasteiger partial charge in [-0.05, 0) is 50.4 Å². The van der Waals surface area contributed by atoms with Crippen LogP contribution in [-0.2, 0) is 4.74 Å². The van der Waals surface area contributed by atoms with Gasteiger partial charge in [0.1, 0.15) is 0 Å². The van der Waals surface area contributed by atoms with E-state index in [-0.39, 0.29) is 0 Å². The predicted octanol–water partition coefficient (Wildman–Crippen LogP) is 2.62. The Bertz CT molecular complexity index is 397. The number of nitrogens with one attached hydrogen (secondary N) is 2. The first kappa shape index (κ1) is 19.0. The molecule has 0 aromatic rings. The second-order valence-electron chi connectivity index (χ2n) is 8.24. The molecule has 0 aromatic carbocycles. The molecule has 3 aliphatic rings. The van der Waals surface area contributed by atoms with E-state index in [4.69, 9.17) is 4.74 Å². The largest absolute Gasteiger partial charge is 0.379 e. The van der Waals surface area contributed by atoms with E-state index >= 15 is 0 Å². The maximum absolute atomic E-state index is 5.68. The van der Waals surface area contributed by atoms with E-state index in [0.29, 0.717) is 6.04 Å². The molecule has 2 N–H and O–H groups in total. The lowest BCUT2D eigenvalue weighted by Gasteiger charge is -2.36. The molecule has 0 unspecified atom stereocenters. The van der Waals surface area contributed by atoms with Gasteiger partial charge in [0.05, 0.1) is 6.61 Å². The van der Waals surface area contributed by atoms with Crippen LogP contribution in [0.4, 0.5) is 0 Å². The first-order valence-electron chi connectivity index (χ1n) is 10.6. The molecule has 5 heteroatoms. The van der Waals surface area contributed by atoms with Crippen LogP contribution >= 0.6 is 0 Å². The van der Waals surface area contributed by atoms with Gasteiger partial charge in [-0.25, -0.2) is 0 Å². The molecule has 1 heterocycles. The third kappa shape index (κ3) is 7.14. The molecule has 25 heavy (non-hydrogen) atoms. The normalized spacial score (nSPS) is 24.4. The highest BCUT2D eigenvalue weighted by molar-refractivity contribution is 5.79. The van der Waals surface area contributed by atoms with Crippen molar-refractivity contribution in [1.29, 1.82) is 0 Å². The van der Waals surface area contributed by atoms with Crippen molar-refractivity contribution in [2.75, 3.05) is 46.4 Å². The summed E-state index contributed by atoms with van der Waals surface area (Å²) >= 11 is 0. The van der Waals surface area contributed by atoms with Crippen LogP contribution in [-0.4, -0.2) is 63.3 Å². The van der Waals surface area contributed by atoms with Gasteiger partial charge in [-0.2, -0.15) is 0 Å². The molecule has 0 spiro atoms. The molecule has 5 nitrogen and oxygen atoms in total. The fourth-order valence-electron chi connectivity index (χ4n) is 4.16. The zero-order valence-electron chi connectivity index (χ0n) is 16.1. The first-order chi connectivity index (χ1) is 12.3. The van der Waals surface area contributed by atoms with E-state index in [1.54, 1.807) is 0 Å². The second-order valence-corrected chi connectivity index (χ2v) is 8.24. The van der Waals surface area contributed by atoms with Crippen molar-refractivity contribution < 1.29 is 4.74 Å². The topological polar surface area (TPSA) is 48.9 Å². The molecule has 1 saturated heterocycles. The summed E-state index contributed by atoms with van der Waals surface area (Å²) in [7, 11) is 1.86. The molecule has 0 aromatic heterocycles. The highest BCUT2D eigenvalue weighted by Crippen LogP contribution is 2.28. The van der Waals surface area contributed by atoms with Crippen molar-refractivity contribution in [1.82, 2.24) is 15.5 Å². The van der Waals surface area contributed by atoms with E-state index in [2.05, 4.69) is 20.5 Å². The molecular weight excluding hydrogens is 312 g/mol. The number of nitrogens with zero attached hydrogens (tertiary/aromatic N) is 2. The van der Waals surface area contributed by atoms with Crippen LogP contribution in [0.2, 0.25) is 0 Å². The summed E-state index contributed by atoms with van der Waals surface area (Å²) in [5.41, 5.74) is 0. The van der Waals surface area contributed by atoms with E-state index in [9.17, 15) is 0 Å². The number of hydrogen-bond acceptors (Lipinski definition) is 3. The summed E-state index contributed by atoms with van der Waals surface area (Å²) in [5, 5.41) is 6.99. The van der Waals surface area contributed by atoms with Crippen molar-refractivity contribution in [3.05, 3.63) is 0 Å². The summed E-state index contributed by atoms with van der Waals surface area (Å²) < 4.78 is 5.68. The molecule has 0 atom stereocenters.